The van der Waals surface area contributed by atoms with Gasteiger partial charge in [-0.3, -0.25) is 0 Å². The highest BCUT2D eigenvalue weighted by atomic mass is 127. The Bertz CT molecular complexity index is 652. The van der Waals surface area contributed by atoms with Gasteiger partial charge in [-0.05, 0) is 52.8 Å². The number of hydrogen-bond donors (Lipinski definition) is 0. The zero-order chi connectivity index (χ0) is 14.8. The van der Waals surface area contributed by atoms with Gasteiger partial charge in [0.2, 0.25) is 0 Å². The van der Waals surface area contributed by atoms with E-state index in [2.05, 4.69) is 53.7 Å². The summed E-state index contributed by atoms with van der Waals surface area (Å²) in [4.78, 5) is 0. The van der Waals surface area contributed by atoms with Crippen molar-refractivity contribution in [3.63, 3.8) is 0 Å². The van der Waals surface area contributed by atoms with Crippen molar-refractivity contribution in [1.29, 1.82) is 0 Å². The van der Waals surface area contributed by atoms with Crippen LogP contribution in [0.1, 0.15) is 16.7 Å². The summed E-state index contributed by atoms with van der Waals surface area (Å²) in [5.74, 6) is 2.52. The molecule has 0 radical (unpaired) electrons. The predicted octanol–water partition coefficient (Wildman–Crippen LogP) is 3.63. The average molecular weight is 410 g/mol. The first-order valence-electron chi connectivity index (χ1n) is 5.72. The number of halogens is 2. The lowest BCUT2D eigenvalue weighted by molar-refractivity contribution is 0.551. The summed E-state index contributed by atoms with van der Waals surface area (Å²) < 4.78 is 35.3. The molecular weight excluding hydrogens is 394 g/mol. The second-order valence-corrected chi connectivity index (χ2v) is 12.8. The quantitative estimate of drug-likeness (QED) is 0.323. The lowest BCUT2D eigenvalue weighted by Gasteiger charge is -2.08. The van der Waals surface area contributed by atoms with Gasteiger partial charge in [0.1, 0.15) is 13.8 Å². The molecule has 0 aliphatic carbocycles. The fraction of sp³-hybridized carbons (Fsp3) is 0.385. The zero-order valence-corrected chi connectivity index (χ0v) is 15.3. The maximum atomic E-state index is 12.8. The van der Waals surface area contributed by atoms with Crippen LogP contribution in [0.4, 0.5) is 3.89 Å². The number of hydrogen-bond acceptors (Lipinski definition) is 2. The first-order chi connectivity index (χ1) is 8.48. The minimum Gasteiger partial charge on any atom is -0.194 e. The molecule has 0 N–H and O–H groups in total. The highest BCUT2D eigenvalue weighted by Crippen LogP contribution is 2.21. The van der Waals surface area contributed by atoms with Crippen LogP contribution in [0, 0.1) is 22.0 Å². The Hall–Kier alpha value is -0.393. The van der Waals surface area contributed by atoms with Crippen molar-refractivity contribution < 1.29 is 12.3 Å². The Labute approximate surface area is 129 Å². The third-order valence-electron chi connectivity index (χ3n) is 2.38. The molecule has 1 aromatic rings. The molecule has 0 aliphatic heterocycles. The van der Waals surface area contributed by atoms with Crippen LogP contribution in [-0.2, 0) is 16.0 Å². The molecule has 0 spiro atoms. The van der Waals surface area contributed by atoms with Gasteiger partial charge in [-0.1, -0.05) is 25.6 Å². The van der Waals surface area contributed by atoms with Gasteiger partial charge in [-0.2, -0.15) is 8.42 Å². The molecule has 0 fully saturated rings. The van der Waals surface area contributed by atoms with Crippen LogP contribution in [0.3, 0.4) is 0 Å². The molecule has 19 heavy (non-hydrogen) atoms. The van der Waals surface area contributed by atoms with Crippen LogP contribution < -0.4 is 0 Å². The molecule has 0 atom stereocenters. The van der Waals surface area contributed by atoms with E-state index in [9.17, 15) is 12.3 Å². The van der Waals surface area contributed by atoms with Gasteiger partial charge < -0.3 is 0 Å². The molecule has 1 rings (SSSR count). The van der Waals surface area contributed by atoms with Gasteiger partial charge >= 0.3 is 10.2 Å². The van der Waals surface area contributed by atoms with E-state index in [4.69, 9.17) is 0 Å². The van der Waals surface area contributed by atoms with E-state index in [1.165, 1.54) is 0 Å². The van der Waals surface area contributed by atoms with Gasteiger partial charge in [0, 0.05) is 9.13 Å². The molecule has 0 aliphatic rings. The Morgan fingerprint density at radius 2 is 1.89 bits per heavy atom. The third kappa shape index (κ3) is 6.06. The molecule has 1 aromatic carbocycles. The van der Waals surface area contributed by atoms with Gasteiger partial charge in [0.05, 0.1) is 0 Å². The summed E-state index contributed by atoms with van der Waals surface area (Å²) in [6.07, 6.45) is 0. The van der Waals surface area contributed by atoms with Crippen LogP contribution in [0.2, 0.25) is 19.6 Å². The molecule has 6 heteroatoms. The standard InChI is InChI=1S/C13H16FIO2SSi/c1-10-11(5-6-19(2,3)4)7-13(15)8-12(10)9-18(14,16)17/h7-8H,9H2,1-4H3. The Balaban J connectivity index is 3.31. The first kappa shape index (κ1) is 16.7. The summed E-state index contributed by atoms with van der Waals surface area (Å²) in [7, 11) is -6.02. The molecule has 0 heterocycles. The molecule has 0 amide bonds. The van der Waals surface area contributed by atoms with Crippen LogP contribution in [0.15, 0.2) is 12.1 Å². The average Bonchev–Trinajstić information content (AvgIpc) is 2.17. The molecule has 0 bridgehead atoms. The van der Waals surface area contributed by atoms with Crippen LogP contribution >= 0.6 is 22.6 Å². The molecule has 0 saturated heterocycles. The van der Waals surface area contributed by atoms with E-state index in [1.54, 1.807) is 13.0 Å². The predicted molar refractivity (Wildman–Crippen MR) is 87.9 cm³/mol. The molecule has 0 unspecified atom stereocenters. The Kier molecular flexibility index (Phi) is 5.20. The number of rotatable bonds is 2. The van der Waals surface area contributed by atoms with E-state index >= 15 is 0 Å². The highest BCUT2D eigenvalue weighted by Gasteiger charge is 2.14. The lowest BCUT2D eigenvalue weighted by atomic mass is 10.0. The molecule has 104 valence electrons. The van der Waals surface area contributed by atoms with E-state index in [1.807, 2.05) is 6.07 Å². The smallest absolute Gasteiger partial charge is 0.194 e. The zero-order valence-electron chi connectivity index (χ0n) is 11.3. The largest absolute Gasteiger partial charge is 0.306 e. The summed E-state index contributed by atoms with van der Waals surface area (Å²) in [6, 6.07) is 3.59. The summed E-state index contributed by atoms with van der Waals surface area (Å²) in [5.41, 5.74) is 5.25. The van der Waals surface area contributed by atoms with Crippen molar-refractivity contribution >= 4 is 40.9 Å². The van der Waals surface area contributed by atoms with Crippen molar-refractivity contribution in [2.24, 2.45) is 0 Å². The maximum absolute atomic E-state index is 12.8. The molecule has 0 saturated carbocycles. The second kappa shape index (κ2) is 5.93. The van der Waals surface area contributed by atoms with Crippen LogP contribution in [-0.4, -0.2) is 16.5 Å². The monoisotopic (exact) mass is 410 g/mol. The van der Waals surface area contributed by atoms with E-state index < -0.39 is 24.0 Å². The maximum Gasteiger partial charge on any atom is 0.306 e. The Morgan fingerprint density at radius 1 is 1.32 bits per heavy atom. The fourth-order valence-electron chi connectivity index (χ4n) is 1.46. The van der Waals surface area contributed by atoms with Gasteiger partial charge in [0.25, 0.3) is 0 Å². The first-order valence-corrected chi connectivity index (χ1v) is 11.9. The third-order valence-corrected chi connectivity index (χ3v) is 4.53. The molecular formula is C13H16FIO2SSi. The number of benzene rings is 1. The van der Waals surface area contributed by atoms with E-state index in [0.717, 1.165) is 14.7 Å². The van der Waals surface area contributed by atoms with Crippen LogP contribution in [0.5, 0.6) is 0 Å². The van der Waals surface area contributed by atoms with Crippen molar-refractivity contribution in [3.05, 3.63) is 32.4 Å². The van der Waals surface area contributed by atoms with Crippen molar-refractivity contribution in [3.8, 4) is 11.5 Å². The van der Waals surface area contributed by atoms with Gasteiger partial charge in [0.15, 0.2) is 0 Å². The highest BCUT2D eigenvalue weighted by molar-refractivity contribution is 14.1. The van der Waals surface area contributed by atoms with Gasteiger partial charge in [-0.25, -0.2) is 0 Å². The molecule has 2 nitrogen and oxygen atoms in total. The Morgan fingerprint density at radius 3 is 2.37 bits per heavy atom. The summed E-state index contributed by atoms with van der Waals surface area (Å²) >= 11 is 2.09. The van der Waals surface area contributed by atoms with Crippen molar-refractivity contribution in [1.82, 2.24) is 0 Å². The summed E-state index contributed by atoms with van der Waals surface area (Å²) in [6.45, 7) is 8.19. The normalized spacial score (nSPS) is 11.9. The van der Waals surface area contributed by atoms with Crippen molar-refractivity contribution in [2.45, 2.75) is 32.3 Å². The van der Waals surface area contributed by atoms with E-state index in [-0.39, 0.29) is 0 Å². The van der Waals surface area contributed by atoms with Crippen LogP contribution in [0.25, 0.3) is 0 Å². The minimum absolute atomic E-state index is 0.481. The van der Waals surface area contributed by atoms with Gasteiger partial charge in [-0.15, -0.1) is 9.43 Å². The fourth-order valence-corrected chi connectivity index (χ4v) is 3.32. The van der Waals surface area contributed by atoms with E-state index in [0.29, 0.717) is 5.56 Å². The second-order valence-electron chi connectivity index (χ2n) is 5.42. The molecule has 0 aromatic heterocycles. The minimum atomic E-state index is -4.52. The van der Waals surface area contributed by atoms with Crippen molar-refractivity contribution in [2.75, 3.05) is 0 Å². The topological polar surface area (TPSA) is 34.1 Å². The SMILES string of the molecule is Cc1c(C#C[Si](C)(C)C)cc(I)cc1CS(=O)(=O)F. The lowest BCUT2D eigenvalue weighted by Crippen LogP contribution is -2.16. The summed E-state index contributed by atoms with van der Waals surface area (Å²) in [5, 5.41) is 0.